The Hall–Kier alpha value is -2.52. The first-order chi connectivity index (χ1) is 13.5. The molecule has 0 radical (unpaired) electrons. The molecule has 0 saturated heterocycles. The van der Waals surface area contributed by atoms with Crippen LogP contribution in [0.15, 0.2) is 38.9 Å². The maximum absolute atomic E-state index is 12.8. The fourth-order valence-electron chi connectivity index (χ4n) is 3.29. The third-order valence-electron chi connectivity index (χ3n) is 4.64. The summed E-state index contributed by atoms with van der Waals surface area (Å²) in [7, 11) is 0. The topological polar surface area (TPSA) is 96.6 Å². The van der Waals surface area contributed by atoms with Gasteiger partial charge < -0.3 is 5.11 Å². The Balaban J connectivity index is 1.51. The first-order valence-electron chi connectivity index (χ1n) is 8.83. The minimum atomic E-state index is -0.446. The number of phenolic OH excluding ortho intramolecular Hbond substituents is 1. The van der Waals surface area contributed by atoms with Gasteiger partial charge in [0.2, 0.25) is 0 Å². The van der Waals surface area contributed by atoms with E-state index in [0.717, 1.165) is 40.5 Å². The number of phenols is 1. The Morgan fingerprint density at radius 1 is 1.39 bits per heavy atom. The van der Waals surface area contributed by atoms with Crippen molar-refractivity contribution in [2.45, 2.75) is 32.2 Å². The maximum atomic E-state index is 12.8. The van der Waals surface area contributed by atoms with E-state index in [-0.39, 0.29) is 17.9 Å². The molecule has 0 spiro atoms. The molecule has 0 bridgehead atoms. The minimum Gasteiger partial charge on any atom is -0.507 e. The number of aromatic nitrogens is 2. The van der Waals surface area contributed by atoms with E-state index < -0.39 is 5.91 Å². The zero-order valence-corrected chi connectivity index (χ0v) is 17.2. The monoisotopic (exact) mass is 460 g/mol. The number of hydrogen-bond acceptors (Lipinski definition) is 6. The van der Waals surface area contributed by atoms with Gasteiger partial charge in [-0.25, -0.2) is 10.4 Å². The van der Waals surface area contributed by atoms with Crippen LogP contribution in [0, 0.1) is 0 Å². The van der Waals surface area contributed by atoms with Crippen LogP contribution in [0.1, 0.15) is 28.8 Å². The number of thiophene rings is 1. The summed E-state index contributed by atoms with van der Waals surface area (Å²) < 4.78 is 2.09. The van der Waals surface area contributed by atoms with Crippen molar-refractivity contribution in [3.8, 4) is 5.75 Å². The molecule has 1 aromatic carbocycles. The fourth-order valence-corrected chi connectivity index (χ4v) is 4.88. The number of carbonyl (C=O) groups is 1. The molecule has 28 heavy (non-hydrogen) atoms. The summed E-state index contributed by atoms with van der Waals surface area (Å²) in [6, 6.07) is 4.90. The minimum absolute atomic E-state index is 0.0503. The highest BCUT2D eigenvalue weighted by Crippen LogP contribution is 2.33. The number of fused-ring (bicyclic) bond motifs is 3. The van der Waals surface area contributed by atoms with Gasteiger partial charge in [-0.15, -0.1) is 11.3 Å². The lowest BCUT2D eigenvalue weighted by Gasteiger charge is -2.10. The highest BCUT2D eigenvalue weighted by molar-refractivity contribution is 9.10. The van der Waals surface area contributed by atoms with Gasteiger partial charge in [0.1, 0.15) is 17.1 Å². The van der Waals surface area contributed by atoms with Crippen molar-refractivity contribution in [3.05, 3.63) is 55.4 Å². The number of halogens is 1. The van der Waals surface area contributed by atoms with Crippen LogP contribution in [0.3, 0.4) is 0 Å². The third kappa shape index (κ3) is 3.72. The van der Waals surface area contributed by atoms with Gasteiger partial charge in [0.05, 0.1) is 17.9 Å². The summed E-state index contributed by atoms with van der Waals surface area (Å²) in [4.78, 5) is 31.4. The Morgan fingerprint density at radius 3 is 3.07 bits per heavy atom. The average molecular weight is 461 g/mol. The van der Waals surface area contributed by atoms with Crippen LogP contribution in [-0.4, -0.2) is 26.8 Å². The molecule has 1 aliphatic rings. The Bertz CT molecular complexity index is 1150. The Labute approximate surface area is 172 Å². The van der Waals surface area contributed by atoms with Crippen LogP contribution >= 0.6 is 27.3 Å². The lowest BCUT2D eigenvalue weighted by Crippen LogP contribution is -2.30. The van der Waals surface area contributed by atoms with Crippen LogP contribution in [0.25, 0.3) is 10.2 Å². The molecule has 0 saturated carbocycles. The normalized spacial score (nSPS) is 13.8. The van der Waals surface area contributed by atoms with Crippen LogP contribution in [0.5, 0.6) is 5.75 Å². The summed E-state index contributed by atoms with van der Waals surface area (Å²) in [5.41, 5.74) is 3.75. The van der Waals surface area contributed by atoms with Crippen LogP contribution < -0.4 is 11.0 Å². The summed E-state index contributed by atoms with van der Waals surface area (Å²) in [6.07, 6.45) is 6.86. The molecule has 0 aliphatic heterocycles. The van der Waals surface area contributed by atoms with E-state index in [4.69, 9.17) is 0 Å². The van der Waals surface area contributed by atoms with E-state index in [2.05, 4.69) is 31.4 Å². The first kappa shape index (κ1) is 18.8. The highest BCUT2D eigenvalue weighted by Gasteiger charge is 2.20. The van der Waals surface area contributed by atoms with Gasteiger partial charge in [-0.3, -0.25) is 14.2 Å². The van der Waals surface area contributed by atoms with E-state index in [1.54, 1.807) is 23.5 Å². The van der Waals surface area contributed by atoms with Crippen LogP contribution in [0.4, 0.5) is 0 Å². The number of benzene rings is 1. The lowest BCUT2D eigenvalue weighted by molar-refractivity contribution is -0.121. The smallest absolute Gasteiger partial charge is 0.262 e. The summed E-state index contributed by atoms with van der Waals surface area (Å²) in [6.45, 7) is -0.172. The molecule has 1 amide bonds. The second-order valence-corrected chi connectivity index (χ2v) is 8.56. The first-order valence-corrected chi connectivity index (χ1v) is 10.4. The predicted molar refractivity (Wildman–Crippen MR) is 112 cm³/mol. The SMILES string of the molecule is O=C(Cn1cnc2sc3c(c2c1=O)CCCC3)N/N=C\c1cc(Br)ccc1O. The van der Waals surface area contributed by atoms with Gasteiger partial charge in [0, 0.05) is 14.9 Å². The molecule has 7 nitrogen and oxygen atoms in total. The number of aryl methyl sites for hydroxylation is 2. The van der Waals surface area contributed by atoms with Crippen molar-refractivity contribution in [3.63, 3.8) is 0 Å². The molecule has 144 valence electrons. The number of hydrazone groups is 1. The largest absolute Gasteiger partial charge is 0.507 e. The molecule has 0 atom stereocenters. The number of amides is 1. The Kier molecular flexibility index (Phi) is 5.27. The molecule has 0 fully saturated rings. The highest BCUT2D eigenvalue weighted by atomic mass is 79.9. The van der Waals surface area contributed by atoms with Crippen molar-refractivity contribution in [2.75, 3.05) is 0 Å². The summed E-state index contributed by atoms with van der Waals surface area (Å²) in [5, 5.41) is 14.3. The zero-order valence-electron chi connectivity index (χ0n) is 14.8. The molecule has 1 aliphatic carbocycles. The van der Waals surface area contributed by atoms with Gasteiger partial charge in [-0.05, 0) is 49.4 Å². The number of rotatable bonds is 4. The molecule has 2 heterocycles. The maximum Gasteiger partial charge on any atom is 0.262 e. The predicted octanol–water partition coefficient (Wildman–Crippen LogP) is 2.96. The van der Waals surface area contributed by atoms with E-state index in [1.807, 2.05) is 0 Å². The van der Waals surface area contributed by atoms with Gasteiger partial charge in [0.25, 0.3) is 11.5 Å². The number of nitrogens with zero attached hydrogens (tertiary/aromatic N) is 3. The third-order valence-corrected chi connectivity index (χ3v) is 6.33. The molecular formula is C19H17BrN4O3S. The fraction of sp³-hybridized carbons (Fsp3) is 0.263. The van der Waals surface area contributed by atoms with E-state index in [0.29, 0.717) is 10.9 Å². The van der Waals surface area contributed by atoms with Crippen molar-refractivity contribution in [1.82, 2.24) is 15.0 Å². The lowest BCUT2D eigenvalue weighted by atomic mass is 9.97. The number of nitrogens with one attached hydrogen (secondary N) is 1. The van der Waals surface area contributed by atoms with Crippen molar-refractivity contribution in [2.24, 2.45) is 5.10 Å². The number of aromatic hydroxyl groups is 1. The molecule has 9 heteroatoms. The van der Waals surface area contributed by atoms with Crippen molar-refractivity contribution >= 4 is 49.6 Å². The van der Waals surface area contributed by atoms with Crippen molar-refractivity contribution in [1.29, 1.82) is 0 Å². The second kappa shape index (κ2) is 7.84. The van der Waals surface area contributed by atoms with Gasteiger partial charge in [0.15, 0.2) is 0 Å². The second-order valence-electron chi connectivity index (χ2n) is 6.56. The Morgan fingerprint density at radius 2 is 2.21 bits per heavy atom. The van der Waals surface area contributed by atoms with Gasteiger partial charge in [-0.2, -0.15) is 5.10 Å². The number of carbonyl (C=O) groups excluding carboxylic acids is 1. The quantitative estimate of drug-likeness (QED) is 0.461. The molecule has 2 N–H and O–H groups in total. The van der Waals surface area contributed by atoms with Crippen LogP contribution in [-0.2, 0) is 24.2 Å². The van der Waals surface area contributed by atoms with E-state index >= 15 is 0 Å². The van der Waals surface area contributed by atoms with E-state index in [1.165, 1.54) is 28.1 Å². The molecular weight excluding hydrogens is 444 g/mol. The van der Waals surface area contributed by atoms with Gasteiger partial charge >= 0.3 is 0 Å². The molecule has 3 aromatic rings. The van der Waals surface area contributed by atoms with E-state index in [9.17, 15) is 14.7 Å². The van der Waals surface area contributed by atoms with Crippen molar-refractivity contribution < 1.29 is 9.90 Å². The van der Waals surface area contributed by atoms with Gasteiger partial charge in [-0.1, -0.05) is 15.9 Å². The molecule has 0 unspecified atom stereocenters. The zero-order chi connectivity index (χ0) is 19.7. The number of hydrogen-bond donors (Lipinski definition) is 2. The van der Waals surface area contributed by atoms with Crippen LogP contribution in [0.2, 0.25) is 0 Å². The standard InChI is InChI=1S/C19H17BrN4O3S/c20-12-5-6-14(25)11(7-12)8-22-23-16(26)9-24-10-21-18-17(19(24)27)13-3-1-2-4-15(13)28-18/h5-8,10,25H,1-4,9H2,(H,23,26)/b22-8-. The average Bonchev–Trinajstić information content (AvgIpc) is 3.06. The molecule has 4 rings (SSSR count). The summed E-state index contributed by atoms with van der Waals surface area (Å²) >= 11 is 4.89. The molecule has 2 aromatic heterocycles. The summed E-state index contributed by atoms with van der Waals surface area (Å²) in [5.74, 6) is -0.396.